The van der Waals surface area contributed by atoms with Crippen LogP contribution in [-0.4, -0.2) is 50.5 Å². The lowest BCUT2D eigenvalue weighted by Gasteiger charge is -2.29. The maximum atomic E-state index is 13.3. The highest BCUT2D eigenvalue weighted by molar-refractivity contribution is 7.91. The van der Waals surface area contributed by atoms with Crippen molar-refractivity contribution in [3.8, 4) is 11.5 Å². The van der Waals surface area contributed by atoms with E-state index in [1.807, 2.05) is 31.2 Å². The van der Waals surface area contributed by atoms with E-state index in [4.69, 9.17) is 9.47 Å². The third-order valence-corrected chi connectivity index (χ3v) is 6.72. The van der Waals surface area contributed by atoms with Crippen LogP contribution in [0, 0.1) is 0 Å². The number of hydrogen-bond donors (Lipinski definition) is 0. The quantitative estimate of drug-likeness (QED) is 0.659. The number of carbonyl (C=O) groups excluding carboxylic acids is 1. The van der Waals surface area contributed by atoms with E-state index in [2.05, 4.69) is 0 Å². The first kappa shape index (κ1) is 21.2. The molecule has 1 fully saturated rings. The average Bonchev–Trinajstić information content (AvgIpc) is 3.10. The molecule has 0 bridgehead atoms. The maximum absolute atomic E-state index is 13.3. The fourth-order valence-corrected chi connectivity index (χ4v) is 5.17. The Morgan fingerprint density at radius 2 is 1.90 bits per heavy atom. The SMILES string of the molecule is CCCOc1ccc(C(=O)N(Cc2cccc(OC)c2)[C@H]2CCS(=O)(=O)C2)cc1. The van der Waals surface area contributed by atoms with Crippen LogP contribution in [0.1, 0.15) is 35.7 Å². The molecule has 1 saturated heterocycles. The van der Waals surface area contributed by atoms with Gasteiger partial charge in [-0.25, -0.2) is 8.42 Å². The molecule has 0 saturated carbocycles. The van der Waals surface area contributed by atoms with Crippen molar-refractivity contribution < 1.29 is 22.7 Å². The van der Waals surface area contributed by atoms with Crippen LogP contribution in [-0.2, 0) is 16.4 Å². The molecule has 7 heteroatoms. The summed E-state index contributed by atoms with van der Waals surface area (Å²) < 4.78 is 34.9. The molecule has 0 N–H and O–H groups in total. The molecular weight excluding hydrogens is 390 g/mol. The molecule has 3 rings (SSSR count). The van der Waals surface area contributed by atoms with Gasteiger partial charge in [0.25, 0.3) is 5.91 Å². The Labute approximate surface area is 172 Å². The molecule has 0 spiro atoms. The number of rotatable bonds is 8. The largest absolute Gasteiger partial charge is 0.497 e. The van der Waals surface area contributed by atoms with Crippen LogP contribution >= 0.6 is 0 Å². The summed E-state index contributed by atoms with van der Waals surface area (Å²) in [5.74, 6) is 1.35. The second-order valence-corrected chi connectivity index (χ2v) is 9.44. The van der Waals surface area contributed by atoms with Crippen molar-refractivity contribution in [3.63, 3.8) is 0 Å². The standard InChI is InChI=1S/C22H27NO5S/c1-3-12-28-20-9-7-18(8-10-20)22(24)23(19-11-13-29(25,26)16-19)15-17-5-4-6-21(14-17)27-2/h4-10,14,19H,3,11-13,15-16H2,1-2H3/t19-/m0/s1. The van der Waals surface area contributed by atoms with Gasteiger partial charge in [-0.1, -0.05) is 19.1 Å². The van der Waals surface area contributed by atoms with Crippen molar-refractivity contribution in [3.05, 3.63) is 59.7 Å². The van der Waals surface area contributed by atoms with E-state index < -0.39 is 9.84 Å². The molecule has 0 radical (unpaired) electrons. The Kier molecular flexibility index (Phi) is 6.79. The maximum Gasteiger partial charge on any atom is 0.254 e. The molecule has 0 unspecified atom stereocenters. The Bertz CT molecular complexity index is 940. The van der Waals surface area contributed by atoms with Crippen LogP contribution in [0.5, 0.6) is 11.5 Å². The summed E-state index contributed by atoms with van der Waals surface area (Å²) in [4.78, 5) is 15.0. The fourth-order valence-electron chi connectivity index (χ4n) is 3.43. The van der Waals surface area contributed by atoms with Crippen LogP contribution in [0.4, 0.5) is 0 Å². The summed E-state index contributed by atoms with van der Waals surface area (Å²) in [5.41, 5.74) is 1.41. The molecule has 156 valence electrons. The number of carbonyl (C=O) groups is 1. The molecule has 1 amide bonds. The van der Waals surface area contributed by atoms with Gasteiger partial charge in [0.15, 0.2) is 9.84 Å². The number of nitrogens with zero attached hydrogens (tertiary/aromatic N) is 1. The van der Waals surface area contributed by atoms with Crippen LogP contribution in [0.3, 0.4) is 0 Å². The molecule has 1 atom stereocenters. The molecule has 2 aromatic carbocycles. The van der Waals surface area contributed by atoms with Gasteiger partial charge in [-0.15, -0.1) is 0 Å². The second kappa shape index (κ2) is 9.31. The minimum Gasteiger partial charge on any atom is -0.497 e. The van der Waals surface area contributed by atoms with Crippen molar-refractivity contribution in [1.29, 1.82) is 0 Å². The van der Waals surface area contributed by atoms with E-state index in [9.17, 15) is 13.2 Å². The van der Waals surface area contributed by atoms with Gasteiger partial charge in [-0.3, -0.25) is 4.79 Å². The number of methoxy groups -OCH3 is 1. The van der Waals surface area contributed by atoms with E-state index in [1.54, 1.807) is 36.3 Å². The third kappa shape index (κ3) is 5.50. The van der Waals surface area contributed by atoms with Gasteiger partial charge in [0.1, 0.15) is 11.5 Å². The van der Waals surface area contributed by atoms with Gasteiger partial charge in [0.2, 0.25) is 0 Å². The number of hydrogen-bond acceptors (Lipinski definition) is 5. The molecule has 2 aromatic rings. The number of amides is 1. The van der Waals surface area contributed by atoms with Gasteiger partial charge in [0, 0.05) is 18.2 Å². The highest BCUT2D eigenvalue weighted by Gasteiger charge is 2.35. The van der Waals surface area contributed by atoms with E-state index in [-0.39, 0.29) is 23.5 Å². The smallest absolute Gasteiger partial charge is 0.254 e. The number of ether oxygens (including phenoxy) is 2. The van der Waals surface area contributed by atoms with E-state index in [1.165, 1.54) is 0 Å². The highest BCUT2D eigenvalue weighted by atomic mass is 32.2. The molecule has 1 aliphatic heterocycles. The number of benzene rings is 2. The zero-order valence-electron chi connectivity index (χ0n) is 16.8. The molecule has 1 aliphatic rings. The minimum atomic E-state index is -3.12. The molecule has 1 heterocycles. The van der Waals surface area contributed by atoms with Gasteiger partial charge in [-0.2, -0.15) is 0 Å². The Morgan fingerprint density at radius 1 is 1.14 bits per heavy atom. The van der Waals surface area contributed by atoms with E-state index in [0.717, 1.165) is 12.0 Å². The topological polar surface area (TPSA) is 72.9 Å². The zero-order valence-corrected chi connectivity index (χ0v) is 17.7. The summed E-state index contributed by atoms with van der Waals surface area (Å²) >= 11 is 0. The molecular formula is C22H27NO5S. The summed E-state index contributed by atoms with van der Waals surface area (Å²) in [5, 5.41) is 0. The fraction of sp³-hybridized carbons (Fsp3) is 0.409. The van der Waals surface area contributed by atoms with Gasteiger partial charge < -0.3 is 14.4 Å². The normalized spacial score (nSPS) is 17.7. The summed E-state index contributed by atoms with van der Waals surface area (Å²) in [6, 6.07) is 14.2. The second-order valence-electron chi connectivity index (χ2n) is 7.21. The third-order valence-electron chi connectivity index (χ3n) is 4.97. The average molecular weight is 418 g/mol. The molecule has 0 aromatic heterocycles. The predicted molar refractivity (Wildman–Crippen MR) is 112 cm³/mol. The summed E-state index contributed by atoms with van der Waals surface area (Å²) in [6.07, 6.45) is 1.36. The zero-order chi connectivity index (χ0) is 20.9. The Hall–Kier alpha value is -2.54. The van der Waals surface area contributed by atoms with Crippen LogP contribution in [0.2, 0.25) is 0 Å². The van der Waals surface area contributed by atoms with Crippen molar-refractivity contribution in [2.24, 2.45) is 0 Å². The molecule has 29 heavy (non-hydrogen) atoms. The van der Waals surface area contributed by atoms with E-state index in [0.29, 0.717) is 36.6 Å². The van der Waals surface area contributed by atoms with E-state index >= 15 is 0 Å². The van der Waals surface area contributed by atoms with Crippen molar-refractivity contribution in [2.75, 3.05) is 25.2 Å². The predicted octanol–water partition coefficient (Wildman–Crippen LogP) is 3.31. The number of sulfone groups is 1. The monoisotopic (exact) mass is 417 g/mol. The van der Waals surface area contributed by atoms with Crippen molar-refractivity contribution in [1.82, 2.24) is 4.90 Å². The van der Waals surface area contributed by atoms with Crippen molar-refractivity contribution >= 4 is 15.7 Å². The highest BCUT2D eigenvalue weighted by Crippen LogP contribution is 2.24. The van der Waals surface area contributed by atoms with Gasteiger partial charge in [0.05, 0.1) is 25.2 Å². The lowest BCUT2D eigenvalue weighted by molar-refractivity contribution is 0.0680. The Balaban J connectivity index is 1.84. The van der Waals surface area contributed by atoms with Gasteiger partial charge in [-0.05, 0) is 54.8 Å². The lowest BCUT2D eigenvalue weighted by Crippen LogP contribution is -2.40. The molecule has 0 aliphatic carbocycles. The first-order valence-corrected chi connectivity index (χ1v) is 11.6. The van der Waals surface area contributed by atoms with Crippen LogP contribution in [0.25, 0.3) is 0 Å². The first-order chi connectivity index (χ1) is 13.9. The van der Waals surface area contributed by atoms with Gasteiger partial charge >= 0.3 is 0 Å². The summed E-state index contributed by atoms with van der Waals surface area (Å²) in [6.45, 7) is 2.98. The Morgan fingerprint density at radius 3 is 2.52 bits per heavy atom. The minimum absolute atomic E-state index is 0.000400. The first-order valence-electron chi connectivity index (χ1n) is 9.79. The van der Waals surface area contributed by atoms with Crippen molar-refractivity contribution in [2.45, 2.75) is 32.4 Å². The molecule has 6 nitrogen and oxygen atoms in total. The lowest BCUT2D eigenvalue weighted by atomic mass is 10.1. The van der Waals surface area contributed by atoms with Crippen LogP contribution < -0.4 is 9.47 Å². The summed E-state index contributed by atoms with van der Waals surface area (Å²) in [7, 11) is -1.53. The van der Waals surface area contributed by atoms with Crippen LogP contribution in [0.15, 0.2) is 48.5 Å².